The number of rotatable bonds is 2. The SMILES string of the molecule is N#CC(C=O)c1cc(Cl)cc(Cl)c1Cl.[Na]. The van der Waals surface area contributed by atoms with E-state index in [-0.39, 0.29) is 39.6 Å². The summed E-state index contributed by atoms with van der Waals surface area (Å²) in [5, 5.41) is 9.43. The predicted molar refractivity (Wildman–Crippen MR) is 61.6 cm³/mol. The molecule has 15 heavy (non-hydrogen) atoms. The van der Waals surface area contributed by atoms with Crippen LogP contribution in [-0.2, 0) is 4.79 Å². The zero-order chi connectivity index (χ0) is 10.7. The Kier molecular flexibility index (Phi) is 6.86. The van der Waals surface area contributed by atoms with Crippen LogP contribution in [0.5, 0.6) is 0 Å². The molecular weight excluding hydrogens is 267 g/mol. The van der Waals surface area contributed by atoms with Crippen LogP contribution in [0.1, 0.15) is 11.5 Å². The molecular formula is C9H4Cl3NNaO. The Morgan fingerprint density at radius 3 is 2.40 bits per heavy atom. The second kappa shape index (κ2) is 6.75. The second-order valence-corrected chi connectivity index (χ2v) is 3.76. The van der Waals surface area contributed by atoms with Crippen LogP contribution in [0, 0.1) is 11.3 Å². The average molecular weight is 271 g/mol. The average Bonchev–Trinajstić information content (AvgIpc) is 2.15. The van der Waals surface area contributed by atoms with Gasteiger partial charge in [-0.2, -0.15) is 5.26 Å². The van der Waals surface area contributed by atoms with Crippen molar-refractivity contribution in [3.63, 3.8) is 0 Å². The minimum atomic E-state index is -0.932. The maximum Gasteiger partial charge on any atom is 0.141 e. The van der Waals surface area contributed by atoms with Gasteiger partial charge in [-0.05, 0) is 17.7 Å². The molecule has 0 fully saturated rings. The first kappa shape index (κ1) is 15.2. The second-order valence-electron chi connectivity index (χ2n) is 2.53. The number of benzene rings is 1. The Hall–Kier alpha value is 0.250. The molecule has 0 bridgehead atoms. The number of nitrogens with zero attached hydrogens (tertiary/aromatic N) is 1. The molecule has 1 rings (SSSR count). The van der Waals surface area contributed by atoms with E-state index >= 15 is 0 Å². The van der Waals surface area contributed by atoms with Gasteiger partial charge in [-0.3, -0.25) is 0 Å². The van der Waals surface area contributed by atoms with Gasteiger partial charge in [0.2, 0.25) is 0 Å². The molecule has 0 saturated carbocycles. The number of nitriles is 1. The van der Waals surface area contributed by atoms with E-state index < -0.39 is 5.92 Å². The third-order valence-electron chi connectivity index (χ3n) is 1.63. The molecule has 2 nitrogen and oxygen atoms in total. The number of hydrogen-bond acceptors (Lipinski definition) is 2. The van der Waals surface area contributed by atoms with E-state index in [2.05, 4.69) is 0 Å². The summed E-state index contributed by atoms with van der Waals surface area (Å²) < 4.78 is 0. The van der Waals surface area contributed by atoms with Gasteiger partial charge in [-0.1, -0.05) is 34.8 Å². The monoisotopic (exact) mass is 270 g/mol. The topological polar surface area (TPSA) is 40.9 Å². The zero-order valence-electron chi connectivity index (χ0n) is 7.80. The van der Waals surface area contributed by atoms with Crippen LogP contribution >= 0.6 is 34.8 Å². The summed E-state index contributed by atoms with van der Waals surface area (Å²) in [6, 6.07) is 4.70. The standard InChI is InChI=1S/C9H4Cl3NO.Na/c10-6-1-7(5(3-13)4-14)9(12)8(11)2-6;/h1-2,4-5H;. The van der Waals surface area contributed by atoms with Crippen LogP contribution in [0.4, 0.5) is 0 Å². The molecule has 0 aliphatic carbocycles. The molecule has 0 saturated heterocycles. The van der Waals surface area contributed by atoms with Crippen LogP contribution in [0.15, 0.2) is 12.1 Å². The van der Waals surface area contributed by atoms with Crippen LogP contribution in [-0.4, -0.2) is 35.8 Å². The van der Waals surface area contributed by atoms with Crippen molar-refractivity contribution < 1.29 is 4.79 Å². The number of halogens is 3. The minimum absolute atomic E-state index is 0. The van der Waals surface area contributed by atoms with Gasteiger partial charge in [-0.25, -0.2) is 0 Å². The summed E-state index contributed by atoms with van der Waals surface area (Å²) in [7, 11) is 0. The molecule has 1 aromatic rings. The Labute approximate surface area is 124 Å². The van der Waals surface area contributed by atoms with E-state index in [1.54, 1.807) is 6.07 Å². The van der Waals surface area contributed by atoms with Gasteiger partial charge in [0.25, 0.3) is 0 Å². The van der Waals surface area contributed by atoms with Crippen molar-refractivity contribution in [1.29, 1.82) is 5.26 Å². The van der Waals surface area contributed by atoms with Gasteiger partial charge in [0.05, 0.1) is 16.1 Å². The smallest absolute Gasteiger partial charge is 0.141 e. The largest absolute Gasteiger partial charge is 0.302 e. The van der Waals surface area contributed by atoms with Crippen LogP contribution in [0.3, 0.4) is 0 Å². The molecule has 0 aliphatic heterocycles. The first-order valence-corrected chi connectivity index (χ1v) is 4.73. The fourth-order valence-electron chi connectivity index (χ4n) is 0.975. The first-order chi connectivity index (χ1) is 6.60. The number of carbonyl (C=O) groups is 1. The maximum absolute atomic E-state index is 10.5. The summed E-state index contributed by atoms with van der Waals surface area (Å²) in [6.45, 7) is 0. The van der Waals surface area contributed by atoms with Crippen molar-refractivity contribution in [3.8, 4) is 6.07 Å². The summed E-state index contributed by atoms with van der Waals surface area (Å²) in [4.78, 5) is 10.5. The quantitative estimate of drug-likeness (QED) is 0.471. The van der Waals surface area contributed by atoms with Gasteiger partial charge in [0.15, 0.2) is 0 Å². The van der Waals surface area contributed by atoms with E-state index in [4.69, 9.17) is 40.1 Å². The molecule has 0 aliphatic rings. The molecule has 1 atom stereocenters. The van der Waals surface area contributed by atoms with Crippen molar-refractivity contribution in [1.82, 2.24) is 0 Å². The molecule has 1 radical (unpaired) electrons. The van der Waals surface area contributed by atoms with E-state index in [0.29, 0.717) is 16.9 Å². The van der Waals surface area contributed by atoms with Gasteiger partial charge < -0.3 is 4.79 Å². The molecule has 0 amide bonds. The van der Waals surface area contributed by atoms with E-state index in [1.165, 1.54) is 12.1 Å². The summed E-state index contributed by atoms with van der Waals surface area (Å²) in [5.74, 6) is -0.932. The van der Waals surface area contributed by atoms with Crippen molar-refractivity contribution in [2.45, 2.75) is 5.92 Å². The molecule has 1 unspecified atom stereocenters. The molecule has 73 valence electrons. The third kappa shape index (κ3) is 3.64. The maximum atomic E-state index is 10.5. The third-order valence-corrected chi connectivity index (χ3v) is 2.67. The van der Waals surface area contributed by atoms with Crippen LogP contribution in [0.2, 0.25) is 15.1 Å². The number of aldehydes is 1. The fourth-order valence-corrected chi connectivity index (χ4v) is 1.71. The van der Waals surface area contributed by atoms with Gasteiger partial charge in [-0.15, -0.1) is 0 Å². The van der Waals surface area contributed by atoms with Crippen molar-refractivity contribution in [2.75, 3.05) is 0 Å². The molecule has 0 N–H and O–H groups in total. The van der Waals surface area contributed by atoms with Crippen molar-refractivity contribution >= 4 is 70.6 Å². The number of hydrogen-bond donors (Lipinski definition) is 0. The Morgan fingerprint density at radius 2 is 1.93 bits per heavy atom. The van der Waals surface area contributed by atoms with Gasteiger partial charge in [0.1, 0.15) is 12.2 Å². The Balaban J connectivity index is 0.00000196. The van der Waals surface area contributed by atoms with E-state index in [1.807, 2.05) is 0 Å². The van der Waals surface area contributed by atoms with Crippen molar-refractivity contribution in [2.24, 2.45) is 0 Å². The van der Waals surface area contributed by atoms with Gasteiger partial charge in [0, 0.05) is 34.6 Å². The van der Waals surface area contributed by atoms with E-state index in [9.17, 15) is 4.79 Å². The van der Waals surface area contributed by atoms with Crippen LogP contribution < -0.4 is 0 Å². The molecule has 6 heteroatoms. The summed E-state index contributed by atoms with van der Waals surface area (Å²) >= 11 is 17.3. The molecule has 0 spiro atoms. The fraction of sp³-hybridized carbons (Fsp3) is 0.111. The molecule has 0 heterocycles. The Bertz CT molecular complexity index is 417. The zero-order valence-corrected chi connectivity index (χ0v) is 12.1. The summed E-state index contributed by atoms with van der Waals surface area (Å²) in [6.07, 6.45) is 0.494. The van der Waals surface area contributed by atoms with Crippen LogP contribution in [0.25, 0.3) is 0 Å². The predicted octanol–water partition coefficient (Wildman–Crippen LogP) is 3.07. The summed E-state index contributed by atoms with van der Waals surface area (Å²) in [5.41, 5.74) is 0.335. The molecule has 1 aromatic carbocycles. The minimum Gasteiger partial charge on any atom is -0.302 e. The Morgan fingerprint density at radius 1 is 1.33 bits per heavy atom. The van der Waals surface area contributed by atoms with E-state index in [0.717, 1.165) is 0 Å². The van der Waals surface area contributed by atoms with Crippen molar-refractivity contribution in [3.05, 3.63) is 32.8 Å². The van der Waals surface area contributed by atoms with Gasteiger partial charge >= 0.3 is 0 Å². The molecule has 0 aromatic heterocycles. The number of carbonyl (C=O) groups excluding carboxylic acids is 1. The first-order valence-electron chi connectivity index (χ1n) is 3.59. The normalized spacial score (nSPS) is 11.1.